The maximum atomic E-state index is 12.6. The van der Waals surface area contributed by atoms with Crippen LogP contribution in [0.25, 0.3) is 0 Å². The standard InChI is InChI=1S/C21H21N5O3/c1-13-20(14(2)29-25-13)21(28)24-16-6-7-18-17(11-16)23-12-19(27)26(18)10-8-15-5-3-4-9-22-15/h3-7,9,11,23H,8,10,12H2,1-2H3,(H,24,28). The Balaban J connectivity index is 1.52. The number of hydrogen-bond acceptors (Lipinski definition) is 6. The van der Waals surface area contributed by atoms with Crippen LogP contribution in [0, 0.1) is 13.8 Å². The lowest BCUT2D eigenvalue weighted by atomic mass is 10.1. The van der Waals surface area contributed by atoms with Gasteiger partial charge in [-0.3, -0.25) is 14.6 Å². The van der Waals surface area contributed by atoms with E-state index in [1.807, 2.05) is 30.3 Å². The zero-order chi connectivity index (χ0) is 20.4. The van der Waals surface area contributed by atoms with Crippen LogP contribution in [-0.2, 0) is 11.2 Å². The fraction of sp³-hybridized carbons (Fsp3) is 0.238. The number of fused-ring (bicyclic) bond motifs is 1. The second-order valence-corrected chi connectivity index (χ2v) is 6.86. The molecule has 1 aliphatic heterocycles. The number of hydrogen-bond donors (Lipinski definition) is 2. The SMILES string of the molecule is Cc1noc(C)c1C(=O)Nc1ccc2c(c1)NCC(=O)N2CCc1ccccn1. The molecular formula is C21H21N5O3. The number of aryl methyl sites for hydroxylation is 2. The maximum Gasteiger partial charge on any atom is 0.261 e. The Hall–Kier alpha value is -3.68. The first-order valence-corrected chi connectivity index (χ1v) is 9.35. The van der Waals surface area contributed by atoms with Crippen molar-refractivity contribution in [1.82, 2.24) is 10.1 Å². The van der Waals surface area contributed by atoms with E-state index in [0.29, 0.717) is 35.7 Å². The van der Waals surface area contributed by atoms with Gasteiger partial charge in [-0.1, -0.05) is 11.2 Å². The molecule has 29 heavy (non-hydrogen) atoms. The summed E-state index contributed by atoms with van der Waals surface area (Å²) in [5, 5.41) is 9.81. The molecule has 4 rings (SSSR count). The van der Waals surface area contributed by atoms with Gasteiger partial charge >= 0.3 is 0 Å². The molecule has 2 amide bonds. The van der Waals surface area contributed by atoms with Crippen molar-refractivity contribution in [3.63, 3.8) is 0 Å². The van der Waals surface area contributed by atoms with Crippen LogP contribution in [-0.4, -0.2) is 35.0 Å². The highest BCUT2D eigenvalue weighted by Gasteiger charge is 2.24. The summed E-state index contributed by atoms with van der Waals surface area (Å²) in [4.78, 5) is 31.1. The van der Waals surface area contributed by atoms with E-state index >= 15 is 0 Å². The molecule has 0 spiro atoms. The first-order chi connectivity index (χ1) is 14.0. The minimum absolute atomic E-state index is 0.000868. The fourth-order valence-corrected chi connectivity index (χ4v) is 3.41. The van der Waals surface area contributed by atoms with Crippen molar-refractivity contribution >= 4 is 28.9 Å². The van der Waals surface area contributed by atoms with E-state index in [9.17, 15) is 9.59 Å². The summed E-state index contributed by atoms with van der Waals surface area (Å²) in [5.74, 6) is 0.198. The number of carbonyl (C=O) groups excluding carboxylic acids is 2. The molecule has 3 aromatic rings. The minimum atomic E-state index is -0.278. The first kappa shape index (κ1) is 18.7. The molecule has 148 valence electrons. The number of aromatic nitrogens is 2. The number of nitrogens with zero attached hydrogens (tertiary/aromatic N) is 3. The summed E-state index contributed by atoms with van der Waals surface area (Å²) in [5.41, 5.74) is 4.11. The molecule has 0 atom stereocenters. The van der Waals surface area contributed by atoms with Gasteiger partial charge in [0.1, 0.15) is 11.3 Å². The van der Waals surface area contributed by atoms with Gasteiger partial charge in [0.05, 0.1) is 23.6 Å². The third-order valence-corrected chi connectivity index (χ3v) is 4.85. The highest BCUT2D eigenvalue weighted by atomic mass is 16.5. The van der Waals surface area contributed by atoms with Crippen LogP contribution in [0.4, 0.5) is 17.1 Å². The van der Waals surface area contributed by atoms with Gasteiger partial charge in [0, 0.05) is 30.5 Å². The molecule has 0 radical (unpaired) electrons. The Labute approximate surface area is 167 Å². The lowest BCUT2D eigenvalue weighted by molar-refractivity contribution is -0.117. The van der Waals surface area contributed by atoms with Crippen molar-refractivity contribution < 1.29 is 14.1 Å². The molecule has 1 aromatic carbocycles. The summed E-state index contributed by atoms with van der Waals surface area (Å²) in [7, 11) is 0. The normalized spacial score (nSPS) is 13.0. The smallest absolute Gasteiger partial charge is 0.261 e. The van der Waals surface area contributed by atoms with Gasteiger partial charge < -0.3 is 20.1 Å². The summed E-state index contributed by atoms with van der Waals surface area (Å²) >= 11 is 0. The van der Waals surface area contributed by atoms with E-state index in [2.05, 4.69) is 20.8 Å². The predicted molar refractivity (Wildman–Crippen MR) is 109 cm³/mol. The summed E-state index contributed by atoms with van der Waals surface area (Å²) in [6.07, 6.45) is 2.41. The topological polar surface area (TPSA) is 100 Å². The van der Waals surface area contributed by atoms with Gasteiger partial charge in [-0.15, -0.1) is 0 Å². The number of amides is 2. The van der Waals surface area contributed by atoms with E-state index < -0.39 is 0 Å². The van der Waals surface area contributed by atoms with E-state index in [0.717, 1.165) is 17.1 Å². The molecule has 0 fully saturated rings. The van der Waals surface area contributed by atoms with Crippen molar-refractivity contribution in [2.75, 3.05) is 28.6 Å². The number of benzene rings is 1. The maximum absolute atomic E-state index is 12.6. The second-order valence-electron chi connectivity index (χ2n) is 6.86. The third-order valence-electron chi connectivity index (χ3n) is 4.85. The Morgan fingerprint density at radius 3 is 2.86 bits per heavy atom. The highest BCUT2D eigenvalue weighted by molar-refractivity contribution is 6.07. The van der Waals surface area contributed by atoms with E-state index in [4.69, 9.17) is 4.52 Å². The van der Waals surface area contributed by atoms with Gasteiger partial charge in [-0.2, -0.15) is 0 Å². The van der Waals surface area contributed by atoms with Crippen LogP contribution in [0.15, 0.2) is 47.1 Å². The third kappa shape index (κ3) is 3.82. The molecule has 0 unspecified atom stereocenters. The Bertz CT molecular complexity index is 1040. The van der Waals surface area contributed by atoms with Crippen molar-refractivity contribution in [2.24, 2.45) is 0 Å². The fourth-order valence-electron chi connectivity index (χ4n) is 3.41. The van der Waals surface area contributed by atoms with E-state index in [-0.39, 0.29) is 18.4 Å². The number of carbonyl (C=O) groups is 2. The van der Waals surface area contributed by atoms with Gasteiger partial charge in [0.2, 0.25) is 5.91 Å². The number of rotatable bonds is 5. The van der Waals surface area contributed by atoms with Gasteiger partial charge in [-0.25, -0.2) is 0 Å². The van der Waals surface area contributed by atoms with Gasteiger partial charge in [0.15, 0.2) is 0 Å². The lowest BCUT2D eigenvalue weighted by Crippen LogP contribution is -2.41. The molecule has 1 aliphatic rings. The molecule has 0 bridgehead atoms. The van der Waals surface area contributed by atoms with Crippen molar-refractivity contribution in [1.29, 1.82) is 0 Å². The van der Waals surface area contributed by atoms with Crippen LogP contribution in [0.2, 0.25) is 0 Å². The molecular weight excluding hydrogens is 370 g/mol. The van der Waals surface area contributed by atoms with Crippen LogP contribution in [0.1, 0.15) is 27.5 Å². The minimum Gasteiger partial charge on any atom is -0.374 e. The summed E-state index contributed by atoms with van der Waals surface area (Å²) < 4.78 is 5.06. The molecule has 8 nitrogen and oxygen atoms in total. The number of anilines is 3. The average Bonchev–Trinajstić information content (AvgIpc) is 3.06. The number of nitrogens with one attached hydrogen (secondary N) is 2. The molecule has 2 aromatic heterocycles. The molecule has 0 aliphatic carbocycles. The zero-order valence-electron chi connectivity index (χ0n) is 16.2. The quantitative estimate of drug-likeness (QED) is 0.694. The van der Waals surface area contributed by atoms with Crippen molar-refractivity contribution in [2.45, 2.75) is 20.3 Å². The lowest BCUT2D eigenvalue weighted by Gasteiger charge is -2.30. The average molecular weight is 391 g/mol. The second kappa shape index (κ2) is 7.75. The highest BCUT2D eigenvalue weighted by Crippen LogP contribution is 2.32. The van der Waals surface area contributed by atoms with Crippen LogP contribution >= 0.6 is 0 Å². The summed E-state index contributed by atoms with van der Waals surface area (Å²) in [6, 6.07) is 11.2. The van der Waals surface area contributed by atoms with Crippen molar-refractivity contribution in [3.8, 4) is 0 Å². The van der Waals surface area contributed by atoms with E-state index in [1.165, 1.54) is 0 Å². The summed E-state index contributed by atoms with van der Waals surface area (Å²) in [6.45, 7) is 4.17. The molecule has 3 heterocycles. The predicted octanol–water partition coefficient (Wildman–Crippen LogP) is 2.94. The Kier molecular flexibility index (Phi) is 4.99. The molecule has 2 N–H and O–H groups in total. The largest absolute Gasteiger partial charge is 0.374 e. The number of pyridine rings is 1. The monoisotopic (exact) mass is 391 g/mol. The van der Waals surface area contributed by atoms with Crippen molar-refractivity contribution in [3.05, 3.63) is 65.3 Å². The Morgan fingerprint density at radius 2 is 2.14 bits per heavy atom. The van der Waals surface area contributed by atoms with Gasteiger partial charge in [0.25, 0.3) is 5.91 Å². The molecule has 8 heteroatoms. The van der Waals surface area contributed by atoms with Crippen LogP contribution < -0.4 is 15.5 Å². The van der Waals surface area contributed by atoms with Crippen LogP contribution in [0.3, 0.4) is 0 Å². The zero-order valence-corrected chi connectivity index (χ0v) is 16.2. The first-order valence-electron chi connectivity index (χ1n) is 9.35. The van der Waals surface area contributed by atoms with Crippen LogP contribution in [0.5, 0.6) is 0 Å². The Morgan fingerprint density at radius 1 is 1.28 bits per heavy atom. The molecule has 0 saturated carbocycles. The molecule has 0 saturated heterocycles. The van der Waals surface area contributed by atoms with E-state index in [1.54, 1.807) is 31.0 Å². The van der Waals surface area contributed by atoms with Gasteiger partial charge in [-0.05, 0) is 44.2 Å².